The molecular weight excluding hydrogens is 418 g/mol. The van der Waals surface area contributed by atoms with Crippen LogP contribution in [0.2, 0.25) is 5.02 Å². The van der Waals surface area contributed by atoms with E-state index in [1.54, 1.807) is 29.2 Å². The molecule has 31 heavy (non-hydrogen) atoms. The van der Waals surface area contributed by atoms with Crippen molar-refractivity contribution in [3.05, 3.63) is 47.8 Å². The fourth-order valence-electron chi connectivity index (χ4n) is 4.76. The Morgan fingerprint density at radius 2 is 1.94 bits per heavy atom. The van der Waals surface area contributed by atoms with Crippen molar-refractivity contribution in [2.45, 2.75) is 13.8 Å². The summed E-state index contributed by atoms with van der Waals surface area (Å²) in [5.41, 5.74) is 0.612. The predicted molar refractivity (Wildman–Crippen MR) is 117 cm³/mol. The quantitative estimate of drug-likeness (QED) is 0.664. The van der Waals surface area contributed by atoms with Gasteiger partial charge in [0.25, 0.3) is 5.91 Å². The Morgan fingerprint density at radius 1 is 1.19 bits per heavy atom. The molecule has 3 aromatic heterocycles. The lowest BCUT2D eigenvalue weighted by Crippen LogP contribution is -2.36. The third-order valence-electron chi connectivity index (χ3n) is 6.62. The molecule has 5 heterocycles. The van der Waals surface area contributed by atoms with Gasteiger partial charge in [-0.25, -0.2) is 4.98 Å². The number of aromatic nitrogens is 4. The van der Waals surface area contributed by atoms with Crippen molar-refractivity contribution in [3.8, 4) is 0 Å². The van der Waals surface area contributed by atoms with Gasteiger partial charge < -0.3 is 19.5 Å². The molecule has 2 saturated heterocycles. The summed E-state index contributed by atoms with van der Waals surface area (Å²) in [6.07, 6.45) is 6.72. The molecule has 162 valence electrons. The fraction of sp³-hybridized carbons (Fsp3) is 0.429. The number of furan rings is 1. The van der Waals surface area contributed by atoms with Crippen molar-refractivity contribution < 1.29 is 9.21 Å². The Hall–Kier alpha value is -3.07. The number of hydrogen-bond donors (Lipinski definition) is 1. The molecule has 2 aliphatic rings. The molecule has 0 saturated carbocycles. The lowest BCUT2D eigenvalue weighted by atomic mass is 9.71. The molecule has 0 unspecified atom stereocenters. The molecule has 0 aliphatic carbocycles. The zero-order valence-electron chi connectivity index (χ0n) is 17.7. The minimum atomic E-state index is -0.0968. The minimum absolute atomic E-state index is 0.0589. The Kier molecular flexibility index (Phi) is 4.47. The third-order valence-corrected chi connectivity index (χ3v) is 6.89. The maximum atomic E-state index is 12.8. The van der Waals surface area contributed by atoms with Gasteiger partial charge in [-0.05, 0) is 12.1 Å². The van der Waals surface area contributed by atoms with E-state index in [0.717, 1.165) is 18.8 Å². The molecule has 9 nitrogen and oxygen atoms in total. The molecule has 0 bridgehead atoms. The van der Waals surface area contributed by atoms with E-state index < -0.39 is 0 Å². The van der Waals surface area contributed by atoms with Gasteiger partial charge in [0.1, 0.15) is 5.02 Å². The maximum absolute atomic E-state index is 12.8. The van der Waals surface area contributed by atoms with E-state index >= 15 is 0 Å². The summed E-state index contributed by atoms with van der Waals surface area (Å²) in [6.45, 7) is 7.26. The van der Waals surface area contributed by atoms with Crippen LogP contribution in [0.5, 0.6) is 0 Å². The van der Waals surface area contributed by atoms with Crippen LogP contribution in [0, 0.1) is 10.8 Å². The van der Waals surface area contributed by atoms with Gasteiger partial charge in [0, 0.05) is 50.3 Å². The van der Waals surface area contributed by atoms with Crippen molar-refractivity contribution in [1.29, 1.82) is 0 Å². The van der Waals surface area contributed by atoms with Gasteiger partial charge in [-0.1, -0.05) is 25.4 Å². The van der Waals surface area contributed by atoms with Crippen LogP contribution in [-0.4, -0.2) is 56.7 Å². The summed E-state index contributed by atoms with van der Waals surface area (Å²) in [6, 6.07) is 3.45. The Bertz CT molecular complexity index is 1110. The zero-order chi connectivity index (χ0) is 21.8. The number of nitrogens with zero attached hydrogens (tertiary/aromatic N) is 6. The summed E-state index contributed by atoms with van der Waals surface area (Å²) in [4.78, 5) is 25.9. The lowest BCUT2D eigenvalue weighted by molar-refractivity contribution is 0.0739. The van der Waals surface area contributed by atoms with Crippen LogP contribution in [0.1, 0.15) is 24.4 Å². The van der Waals surface area contributed by atoms with Gasteiger partial charge >= 0.3 is 0 Å². The monoisotopic (exact) mass is 441 g/mol. The SMILES string of the molecule is Cn1cc(Nc2ncc(Cl)c(N3C[C@]4(C)CN(C(=O)c5ccco5)C[C@]4(C)C3)n2)cn1. The first-order valence-corrected chi connectivity index (χ1v) is 10.5. The van der Waals surface area contributed by atoms with Gasteiger partial charge in [0.15, 0.2) is 11.6 Å². The summed E-state index contributed by atoms with van der Waals surface area (Å²) < 4.78 is 7.02. The summed E-state index contributed by atoms with van der Waals surface area (Å²) in [5.74, 6) is 1.49. The first-order valence-electron chi connectivity index (χ1n) is 10.1. The number of fused-ring (bicyclic) bond motifs is 1. The Morgan fingerprint density at radius 3 is 2.55 bits per heavy atom. The maximum Gasteiger partial charge on any atom is 0.289 e. The van der Waals surface area contributed by atoms with Crippen LogP contribution < -0.4 is 10.2 Å². The van der Waals surface area contributed by atoms with Crippen LogP contribution in [-0.2, 0) is 7.05 Å². The van der Waals surface area contributed by atoms with Gasteiger partial charge in [-0.3, -0.25) is 9.48 Å². The van der Waals surface area contributed by atoms with Crippen molar-refractivity contribution in [2.75, 3.05) is 36.4 Å². The summed E-state index contributed by atoms with van der Waals surface area (Å²) in [5, 5.41) is 7.83. The Labute approximate surface area is 185 Å². The highest BCUT2D eigenvalue weighted by atomic mass is 35.5. The molecule has 0 aromatic carbocycles. The van der Waals surface area contributed by atoms with E-state index in [-0.39, 0.29) is 16.7 Å². The van der Waals surface area contributed by atoms with Crippen LogP contribution in [0.25, 0.3) is 0 Å². The van der Waals surface area contributed by atoms with E-state index in [1.807, 2.05) is 18.1 Å². The highest BCUT2D eigenvalue weighted by molar-refractivity contribution is 6.32. The molecule has 3 aromatic rings. The van der Waals surface area contributed by atoms with Crippen molar-refractivity contribution in [3.63, 3.8) is 0 Å². The molecule has 1 N–H and O–H groups in total. The molecule has 10 heteroatoms. The van der Waals surface area contributed by atoms with Gasteiger partial charge in [-0.2, -0.15) is 10.1 Å². The van der Waals surface area contributed by atoms with Crippen molar-refractivity contribution >= 4 is 35.0 Å². The van der Waals surface area contributed by atoms with Crippen molar-refractivity contribution in [1.82, 2.24) is 24.6 Å². The average molecular weight is 442 g/mol. The standard InChI is InChI=1S/C21H24ClN7O2/c1-20-10-28(11-21(20,2)13-29(12-20)18(30)16-5-4-6-31-16)17-15(22)8-23-19(26-17)25-14-7-24-27(3)9-14/h4-9H,10-13H2,1-3H3,(H,23,25,26)/t20-,21+. The highest BCUT2D eigenvalue weighted by Gasteiger charge is 2.59. The number of hydrogen-bond acceptors (Lipinski definition) is 7. The van der Waals surface area contributed by atoms with Gasteiger partial charge in [0.05, 0.1) is 24.3 Å². The first-order chi connectivity index (χ1) is 14.8. The van der Waals surface area contributed by atoms with Crippen LogP contribution >= 0.6 is 11.6 Å². The number of carbonyl (C=O) groups is 1. The lowest BCUT2D eigenvalue weighted by Gasteiger charge is -2.29. The van der Waals surface area contributed by atoms with E-state index in [9.17, 15) is 4.79 Å². The minimum Gasteiger partial charge on any atom is -0.459 e. The fourth-order valence-corrected chi connectivity index (χ4v) is 4.98. The summed E-state index contributed by atoms with van der Waals surface area (Å²) in [7, 11) is 1.85. The number of halogens is 1. The molecule has 2 atom stereocenters. The van der Waals surface area contributed by atoms with E-state index in [4.69, 9.17) is 16.0 Å². The molecule has 2 fully saturated rings. The zero-order valence-corrected chi connectivity index (χ0v) is 18.4. The number of nitrogens with one attached hydrogen (secondary N) is 1. The smallest absolute Gasteiger partial charge is 0.289 e. The third kappa shape index (κ3) is 3.33. The summed E-state index contributed by atoms with van der Waals surface area (Å²) >= 11 is 6.49. The molecule has 5 rings (SSSR count). The average Bonchev–Trinajstić information content (AvgIpc) is 3.47. The number of amides is 1. The molecule has 2 aliphatic heterocycles. The first kappa shape index (κ1) is 19.9. The second-order valence-corrected chi connectivity index (χ2v) is 9.42. The normalized spacial score (nSPS) is 25.2. The van der Waals surface area contributed by atoms with Gasteiger partial charge in [-0.15, -0.1) is 0 Å². The van der Waals surface area contributed by atoms with Crippen molar-refractivity contribution in [2.24, 2.45) is 17.9 Å². The number of carbonyl (C=O) groups excluding carboxylic acids is 1. The van der Waals surface area contributed by atoms with Crippen LogP contribution in [0.15, 0.2) is 41.4 Å². The highest BCUT2D eigenvalue weighted by Crippen LogP contribution is 2.53. The number of anilines is 3. The van der Waals surface area contributed by atoms with E-state index in [1.165, 1.54) is 6.26 Å². The second kappa shape index (κ2) is 6.98. The van der Waals surface area contributed by atoms with Crippen LogP contribution in [0.3, 0.4) is 0 Å². The molecule has 0 radical (unpaired) electrons. The second-order valence-electron chi connectivity index (χ2n) is 9.01. The molecule has 1 amide bonds. The number of rotatable bonds is 4. The topological polar surface area (TPSA) is 92.3 Å². The van der Waals surface area contributed by atoms with E-state index in [2.05, 4.69) is 39.1 Å². The van der Waals surface area contributed by atoms with Gasteiger partial charge in [0.2, 0.25) is 5.95 Å². The molecule has 0 spiro atoms. The molecular formula is C21H24ClN7O2. The number of likely N-dealkylation sites (tertiary alicyclic amines) is 1. The van der Waals surface area contributed by atoms with E-state index in [0.29, 0.717) is 35.6 Å². The Balaban J connectivity index is 1.36. The largest absolute Gasteiger partial charge is 0.459 e. The van der Waals surface area contributed by atoms with Crippen LogP contribution in [0.4, 0.5) is 17.5 Å². The number of aryl methyl sites for hydroxylation is 1. The predicted octanol–water partition coefficient (Wildman–Crippen LogP) is 3.19.